The van der Waals surface area contributed by atoms with Gasteiger partial charge in [0.2, 0.25) is 11.8 Å². The molecule has 3 atom stereocenters. The first-order valence-corrected chi connectivity index (χ1v) is 12.9. The largest absolute Gasteiger partial charge is 0.388 e. The van der Waals surface area contributed by atoms with Crippen molar-refractivity contribution in [2.45, 2.75) is 72.3 Å². The number of nitrogens with one attached hydrogen (secondary N) is 1. The Hall–Kier alpha value is -1.96. The van der Waals surface area contributed by atoms with Crippen LogP contribution in [-0.2, 0) is 25.5 Å². The zero-order chi connectivity index (χ0) is 27.1. The third-order valence-corrected chi connectivity index (χ3v) is 5.78. The maximum atomic E-state index is 12.8. The molecule has 0 saturated carbocycles. The molecule has 0 heterocycles. The van der Waals surface area contributed by atoms with E-state index in [-0.39, 0.29) is 23.8 Å². The van der Waals surface area contributed by atoms with E-state index < -0.39 is 0 Å². The summed E-state index contributed by atoms with van der Waals surface area (Å²) in [6.45, 7) is 10.3. The second kappa shape index (κ2) is 23.8. The van der Waals surface area contributed by atoms with Gasteiger partial charge in [0.1, 0.15) is 0 Å². The van der Waals surface area contributed by atoms with Gasteiger partial charge in [0.25, 0.3) is 0 Å². The molecular formula is C28H53N3O4. The van der Waals surface area contributed by atoms with Crippen LogP contribution in [0.2, 0.25) is 0 Å². The van der Waals surface area contributed by atoms with Gasteiger partial charge in [-0.1, -0.05) is 64.4 Å². The van der Waals surface area contributed by atoms with Gasteiger partial charge in [0.15, 0.2) is 0 Å². The number of nitrogens with zero attached hydrogens (tertiary/aromatic N) is 1. The molecule has 0 aliphatic carbocycles. The predicted octanol–water partition coefficient (Wildman–Crippen LogP) is 4.29. The van der Waals surface area contributed by atoms with E-state index in [4.69, 9.17) is 4.74 Å². The molecule has 2 unspecified atom stereocenters. The van der Waals surface area contributed by atoms with E-state index in [1.807, 2.05) is 30.0 Å². The summed E-state index contributed by atoms with van der Waals surface area (Å²) in [6.07, 6.45) is 4.78. The van der Waals surface area contributed by atoms with Crippen LogP contribution in [0.1, 0.15) is 65.4 Å². The topological polar surface area (TPSA) is 93.9 Å². The number of methoxy groups -OCH3 is 2. The lowest BCUT2D eigenvalue weighted by Crippen LogP contribution is -2.38. The fourth-order valence-electron chi connectivity index (χ4n) is 3.46. The van der Waals surface area contributed by atoms with Gasteiger partial charge >= 0.3 is 0 Å². The number of carbonyl (C=O) groups excluding carboxylic acids is 2. The van der Waals surface area contributed by atoms with Crippen molar-refractivity contribution in [3.05, 3.63) is 35.9 Å². The van der Waals surface area contributed by atoms with Crippen LogP contribution in [0.25, 0.3) is 0 Å². The molecular weight excluding hydrogens is 442 g/mol. The molecule has 35 heavy (non-hydrogen) atoms. The third-order valence-electron chi connectivity index (χ3n) is 5.78. The Morgan fingerprint density at radius 1 is 1.03 bits per heavy atom. The van der Waals surface area contributed by atoms with Crippen molar-refractivity contribution in [3.8, 4) is 0 Å². The Bertz CT molecular complexity index is 628. The highest BCUT2D eigenvalue weighted by molar-refractivity contribution is 5.79. The molecule has 0 aliphatic heterocycles. The first-order chi connectivity index (χ1) is 16.8. The molecule has 0 aliphatic rings. The minimum absolute atomic E-state index is 0.0366. The third kappa shape index (κ3) is 18.0. The van der Waals surface area contributed by atoms with Crippen molar-refractivity contribution >= 4 is 11.8 Å². The van der Waals surface area contributed by atoms with Crippen molar-refractivity contribution in [3.63, 3.8) is 0 Å². The number of nitrogens with two attached hydrogens (primary N) is 1. The second-order valence-corrected chi connectivity index (χ2v) is 8.82. The Kier molecular flexibility index (Phi) is 23.9. The maximum absolute atomic E-state index is 12.8. The molecule has 0 spiro atoms. The standard InChI is InChI=1S/C25H42N2O3.C2H6O.CH5N/c1-6-16-27(24(28)19-23(30-5)18-20(3)7-2)17-14-21(4)25(29)26-15-13-22-11-9-8-10-12-22;1-3-2;1-2/h8-12,20-21,23H,6-7,13-19H2,1-5H3,(H,26,29);1-2H3;2H2,1H3/t20?,21-,23?;;/m1../s1. The molecule has 7 heteroatoms. The summed E-state index contributed by atoms with van der Waals surface area (Å²) in [5, 5.41) is 3.02. The van der Waals surface area contributed by atoms with Gasteiger partial charge in [0, 0.05) is 46.9 Å². The summed E-state index contributed by atoms with van der Waals surface area (Å²) < 4.78 is 9.80. The summed E-state index contributed by atoms with van der Waals surface area (Å²) in [6, 6.07) is 10.1. The van der Waals surface area contributed by atoms with E-state index in [9.17, 15) is 9.59 Å². The normalized spacial score (nSPS) is 12.7. The van der Waals surface area contributed by atoms with Gasteiger partial charge in [-0.05, 0) is 44.2 Å². The summed E-state index contributed by atoms with van der Waals surface area (Å²) in [5.41, 5.74) is 5.72. The summed E-state index contributed by atoms with van der Waals surface area (Å²) in [7, 11) is 6.44. The van der Waals surface area contributed by atoms with Crippen molar-refractivity contribution in [2.24, 2.45) is 17.6 Å². The fourth-order valence-corrected chi connectivity index (χ4v) is 3.46. The number of benzene rings is 1. The number of hydrogen-bond acceptors (Lipinski definition) is 5. The number of rotatable bonds is 15. The average Bonchev–Trinajstić information content (AvgIpc) is 2.87. The molecule has 2 amide bonds. The number of hydrogen-bond donors (Lipinski definition) is 2. The molecule has 0 bridgehead atoms. The van der Waals surface area contributed by atoms with E-state index in [0.29, 0.717) is 31.8 Å². The minimum atomic E-state index is -0.119. The molecule has 3 N–H and O–H groups in total. The zero-order valence-electron chi connectivity index (χ0n) is 23.6. The van der Waals surface area contributed by atoms with Crippen LogP contribution in [0.4, 0.5) is 0 Å². The first-order valence-electron chi connectivity index (χ1n) is 12.9. The number of ether oxygens (including phenoxy) is 2. The van der Waals surface area contributed by atoms with Gasteiger partial charge in [0.05, 0.1) is 12.5 Å². The Balaban J connectivity index is 0. The summed E-state index contributed by atoms with van der Waals surface area (Å²) in [5.74, 6) is 0.610. The van der Waals surface area contributed by atoms with Crippen molar-refractivity contribution < 1.29 is 19.1 Å². The molecule has 0 aromatic heterocycles. The Morgan fingerprint density at radius 2 is 1.63 bits per heavy atom. The maximum Gasteiger partial charge on any atom is 0.225 e. The number of carbonyl (C=O) groups is 2. The van der Waals surface area contributed by atoms with Crippen LogP contribution in [0.3, 0.4) is 0 Å². The smallest absolute Gasteiger partial charge is 0.225 e. The SMILES string of the molecule is CCCN(CC[C@@H](C)C(=O)NCCc1ccccc1)C(=O)CC(CC(C)CC)OC.CN.COC. The monoisotopic (exact) mass is 495 g/mol. The molecule has 7 nitrogen and oxygen atoms in total. The van der Waals surface area contributed by atoms with Crippen molar-refractivity contribution in [2.75, 3.05) is 48.0 Å². The van der Waals surface area contributed by atoms with Crippen LogP contribution < -0.4 is 11.1 Å². The van der Waals surface area contributed by atoms with E-state index in [0.717, 1.165) is 32.2 Å². The molecule has 1 aromatic carbocycles. The highest BCUT2D eigenvalue weighted by Crippen LogP contribution is 2.16. The quantitative estimate of drug-likeness (QED) is 0.379. The van der Waals surface area contributed by atoms with Crippen LogP contribution in [0, 0.1) is 11.8 Å². The molecule has 0 fully saturated rings. The van der Waals surface area contributed by atoms with Crippen molar-refractivity contribution in [1.82, 2.24) is 10.2 Å². The lowest BCUT2D eigenvalue weighted by molar-refractivity contribution is -0.135. The highest BCUT2D eigenvalue weighted by atomic mass is 16.5. The van der Waals surface area contributed by atoms with Gasteiger partial charge < -0.3 is 25.4 Å². The molecule has 204 valence electrons. The zero-order valence-corrected chi connectivity index (χ0v) is 23.6. The van der Waals surface area contributed by atoms with Crippen LogP contribution in [0.5, 0.6) is 0 Å². The first kappa shape index (κ1) is 35.2. The van der Waals surface area contributed by atoms with E-state index in [1.54, 1.807) is 21.3 Å². The average molecular weight is 496 g/mol. The van der Waals surface area contributed by atoms with Crippen LogP contribution >= 0.6 is 0 Å². The molecule has 0 radical (unpaired) electrons. The van der Waals surface area contributed by atoms with E-state index in [2.05, 4.69) is 48.7 Å². The van der Waals surface area contributed by atoms with Crippen LogP contribution in [-0.4, -0.2) is 70.8 Å². The predicted molar refractivity (Wildman–Crippen MR) is 146 cm³/mol. The lowest BCUT2D eigenvalue weighted by atomic mass is 9.98. The summed E-state index contributed by atoms with van der Waals surface area (Å²) in [4.78, 5) is 27.1. The second-order valence-electron chi connectivity index (χ2n) is 8.82. The molecule has 1 rings (SSSR count). The lowest BCUT2D eigenvalue weighted by Gasteiger charge is -2.26. The molecule has 0 saturated heterocycles. The van der Waals surface area contributed by atoms with Gasteiger partial charge in [-0.3, -0.25) is 9.59 Å². The Morgan fingerprint density at radius 3 is 2.14 bits per heavy atom. The number of amides is 2. The van der Waals surface area contributed by atoms with Gasteiger partial charge in [-0.2, -0.15) is 0 Å². The summed E-state index contributed by atoms with van der Waals surface area (Å²) >= 11 is 0. The minimum Gasteiger partial charge on any atom is -0.388 e. The Labute approximate surface area is 215 Å². The van der Waals surface area contributed by atoms with Crippen molar-refractivity contribution in [1.29, 1.82) is 0 Å². The van der Waals surface area contributed by atoms with Gasteiger partial charge in [-0.15, -0.1) is 0 Å². The molecule has 1 aromatic rings. The van der Waals surface area contributed by atoms with Gasteiger partial charge in [-0.25, -0.2) is 0 Å². The van der Waals surface area contributed by atoms with E-state index >= 15 is 0 Å². The fraction of sp³-hybridized carbons (Fsp3) is 0.714. The van der Waals surface area contributed by atoms with Crippen LogP contribution in [0.15, 0.2) is 30.3 Å². The van der Waals surface area contributed by atoms with E-state index in [1.165, 1.54) is 12.6 Å². The highest BCUT2D eigenvalue weighted by Gasteiger charge is 2.21.